The number of likely N-dealkylation sites (tertiary alicyclic amines) is 1. The predicted octanol–water partition coefficient (Wildman–Crippen LogP) is 4.67. The second kappa shape index (κ2) is 6.53. The summed E-state index contributed by atoms with van der Waals surface area (Å²) in [7, 11) is 0. The summed E-state index contributed by atoms with van der Waals surface area (Å²) in [4.78, 5) is 13.6. The van der Waals surface area contributed by atoms with Crippen LogP contribution in [0.2, 0.25) is 0 Å². The van der Waals surface area contributed by atoms with Gasteiger partial charge in [-0.15, -0.1) is 0 Å². The number of carbonyl (C=O) groups is 1. The maximum absolute atomic E-state index is 13.1. The van der Waals surface area contributed by atoms with Crippen LogP contribution in [0.25, 0.3) is 0 Å². The molecule has 0 spiro atoms. The summed E-state index contributed by atoms with van der Waals surface area (Å²) >= 11 is 0. The molecule has 1 atom stereocenters. The van der Waals surface area contributed by atoms with Crippen LogP contribution in [0.3, 0.4) is 0 Å². The summed E-state index contributed by atoms with van der Waals surface area (Å²) in [5.74, 6) is -0.848. The van der Waals surface area contributed by atoms with Gasteiger partial charge in [0.2, 0.25) is 0 Å². The van der Waals surface area contributed by atoms with E-state index in [0.717, 1.165) is 0 Å². The zero-order chi connectivity index (χ0) is 18.1. The number of urea groups is 1. The fraction of sp³-hybridized carbons (Fsp3) is 0.588. The average molecular weight is 344 g/mol. The Hall–Kier alpha value is -1.92. The normalized spacial score (nSPS) is 20.3. The van der Waals surface area contributed by atoms with Gasteiger partial charge in [-0.05, 0) is 58.4 Å². The molecule has 0 aliphatic carbocycles. The Morgan fingerprint density at radius 3 is 2.33 bits per heavy atom. The maximum Gasteiger partial charge on any atom is 0.394 e. The summed E-state index contributed by atoms with van der Waals surface area (Å²) in [6.45, 7) is 6.80. The van der Waals surface area contributed by atoms with Crippen molar-refractivity contribution in [1.82, 2.24) is 4.90 Å². The summed E-state index contributed by atoms with van der Waals surface area (Å²) in [6, 6.07) is 6.23. The third kappa shape index (κ3) is 3.94. The molecular weight excluding hydrogens is 321 g/mol. The van der Waals surface area contributed by atoms with Crippen molar-refractivity contribution >= 4 is 11.7 Å². The first-order chi connectivity index (χ1) is 11.0. The number of hydrogen-bond donors (Lipinski definition) is 1. The van der Waals surface area contributed by atoms with E-state index in [2.05, 4.69) is 5.32 Å². The molecule has 1 unspecified atom stereocenters. The summed E-state index contributed by atoms with van der Waals surface area (Å²) in [6.07, 6.45) is -4.35. The number of anilines is 1. The highest BCUT2D eigenvalue weighted by Gasteiger charge is 2.56. The molecule has 4 nitrogen and oxygen atoms in total. The number of nitrogens with one attached hydrogen (secondary N) is 1. The summed E-state index contributed by atoms with van der Waals surface area (Å²) in [5.41, 5.74) is -0.759. The number of ether oxygens (including phenoxy) is 1. The van der Waals surface area contributed by atoms with Crippen LogP contribution < -0.4 is 10.1 Å². The minimum absolute atomic E-state index is 0.0372. The molecule has 0 saturated carbocycles. The number of hydrogen-bond acceptors (Lipinski definition) is 2. The van der Waals surface area contributed by atoms with Gasteiger partial charge in [0.15, 0.2) is 0 Å². The zero-order valence-electron chi connectivity index (χ0n) is 14.3. The molecule has 1 aliphatic rings. The molecule has 0 bridgehead atoms. The van der Waals surface area contributed by atoms with E-state index in [4.69, 9.17) is 4.74 Å². The van der Waals surface area contributed by atoms with Crippen LogP contribution in [-0.4, -0.2) is 35.3 Å². The Bertz CT molecular complexity index is 582. The molecule has 1 fully saturated rings. The highest BCUT2D eigenvalue weighted by molar-refractivity contribution is 5.90. The first kappa shape index (κ1) is 18.4. The minimum atomic E-state index is -4.31. The monoisotopic (exact) mass is 344 g/mol. The van der Waals surface area contributed by atoms with Crippen molar-refractivity contribution in [2.75, 3.05) is 11.9 Å². The van der Waals surface area contributed by atoms with Gasteiger partial charge in [-0.1, -0.05) is 0 Å². The first-order valence-corrected chi connectivity index (χ1v) is 7.94. The first-order valence-electron chi connectivity index (χ1n) is 7.94. The molecule has 1 saturated heterocycles. The quantitative estimate of drug-likeness (QED) is 0.866. The zero-order valence-corrected chi connectivity index (χ0v) is 14.3. The highest BCUT2D eigenvalue weighted by Crippen LogP contribution is 2.44. The van der Waals surface area contributed by atoms with E-state index < -0.39 is 23.7 Å². The number of amides is 2. The lowest BCUT2D eigenvalue weighted by molar-refractivity contribution is -0.189. The van der Waals surface area contributed by atoms with E-state index in [9.17, 15) is 18.0 Å². The van der Waals surface area contributed by atoms with Crippen LogP contribution in [0.5, 0.6) is 5.75 Å². The topological polar surface area (TPSA) is 41.6 Å². The van der Waals surface area contributed by atoms with Crippen LogP contribution in [0.4, 0.5) is 23.7 Å². The minimum Gasteiger partial charge on any atom is -0.491 e. The van der Waals surface area contributed by atoms with Gasteiger partial charge in [0.05, 0.1) is 17.6 Å². The van der Waals surface area contributed by atoms with Crippen molar-refractivity contribution < 1.29 is 22.7 Å². The lowest BCUT2D eigenvalue weighted by Gasteiger charge is -2.36. The van der Waals surface area contributed by atoms with Gasteiger partial charge in [0.1, 0.15) is 5.75 Å². The van der Waals surface area contributed by atoms with Gasteiger partial charge < -0.3 is 15.0 Å². The van der Waals surface area contributed by atoms with E-state index >= 15 is 0 Å². The highest BCUT2D eigenvalue weighted by atomic mass is 19.4. The van der Waals surface area contributed by atoms with Crippen LogP contribution in [0.15, 0.2) is 24.3 Å². The van der Waals surface area contributed by atoms with Gasteiger partial charge >= 0.3 is 12.2 Å². The largest absolute Gasteiger partial charge is 0.491 e. The van der Waals surface area contributed by atoms with Crippen molar-refractivity contribution in [2.24, 2.45) is 5.92 Å². The molecule has 0 radical (unpaired) electrons. The van der Waals surface area contributed by atoms with Gasteiger partial charge in [-0.3, -0.25) is 0 Å². The molecule has 1 aromatic rings. The molecule has 7 heteroatoms. The van der Waals surface area contributed by atoms with Crippen molar-refractivity contribution in [3.05, 3.63) is 24.3 Å². The van der Waals surface area contributed by atoms with Crippen molar-refractivity contribution in [1.29, 1.82) is 0 Å². The molecule has 2 amide bonds. The van der Waals surface area contributed by atoms with Gasteiger partial charge in [-0.25, -0.2) is 4.79 Å². The number of rotatable bonds is 3. The van der Waals surface area contributed by atoms with Gasteiger partial charge in [0, 0.05) is 12.2 Å². The molecule has 1 aliphatic heterocycles. The fourth-order valence-corrected chi connectivity index (χ4v) is 3.10. The predicted molar refractivity (Wildman–Crippen MR) is 86.2 cm³/mol. The van der Waals surface area contributed by atoms with E-state index in [1.165, 1.54) is 18.7 Å². The van der Waals surface area contributed by atoms with Crippen LogP contribution in [-0.2, 0) is 0 Å². The lowest BCUT2D eigenvalue weighted by Crippen LogP contribution is -2.51. The second-order valence-corrected chi connectivity index (χ2v) is 6.81. The Morgan fingerprint density at radius 2 is 1.88 bits per heavy atom. The number of carbonyl (C=O) groups excluding carboxylic acids is 1. The lowest BCUT2D eigenvalue weighted by atomic mass is 9.88. The molecule has 1 N–H and O–H groups in total. The van der Waals surface area contributed by atoms with Crippen molar-refractivity contribution in [2.45, 2.75) is 51.9 Å². The molecule has 0 aromatic heterocycles. The van der Waals surface area contributed by atoms with Crippen LogP contribution >= 0.6 is 0 Å². The molecule has 2 rings (SSSR count). The Labute approximate surface area is 140 Å². The molecule has 1 heterocycles. The molecule has 1 aromatic carbocycles. The third-order valence-corrected chi connectivity index (χ3v) is 4.31. The van der Waals surface area contributed by atoms with Crippen molar-refractivity contribution in [3.63, 3.8) is 0 Å². The van der Waals surface area contributed by atoms with E-state index in [1.807, 2.05) is 13.8 Å². The fourth-order valence-electron chi connectivity index (χ4n) is 3.10. The Kier molecular flexibility index (Phi) is 5.01. The summed E-state index contributed by atoms with van der Waals surface area (Å²) < 4.78 is 44.8. The molecule has 134 valence electrons. The SMILES string of the molecule is CC(C)Oc1ccc(NC(=O)N2CCC(C(F)(F)F)C2(C)C)cc1. The van der Waals surface area contributed by atoms with E-state index in [-0.39, 0.29) is 19.1 Å². The van der Waals surface area contributed by atoms with E-state index in [0.29, 0.717) is 11.4 Å². The van der Waals surface area contributed by atoms with Crippen molar-refractivity contribution in [3.8, 4) is 5.75 Å². The number of benzene rings is 1. The van der Waals surface area contributed by atoms with Crippen LogP contribution in [0, 0.1) is 5.92 Å². The van der Waals surface area contributed by atoms with Crippen LogP contribution in [0.1, 0.15) is 34.1 Å². The standard InChI is InChI=1S/C17H23F3N2O2/c1-11(2)24-13-7-5-12(6-8-13)21-15(23)22-10-9-14(16(22,3)4)17(18,19)20/h5-8,11,14H,9-10H2,1-4H3,(H,21,23). The second-order valence-electron chi connectivity index (χ2n) is 6.81. The number of alkyl halides is 3. The van der Waals surface area contributed by atoms with Gasteiger partial charge in [0.25, 0.3) is 0 Å². The Balaban J connectivity index is 2.05. The maximum atomic E-state index is 13.1. The number of nitrogens with zero attached hydrogens (tertiary/aromatic N) is 1. The molecule has 24 heavy (non-hydrogen) atoms. The van der Waals surface area contributed by atoms with E-state index in [1.54, 1.807) is 24.3 Å². The smallest absolute Gasteiger partial charge is 0.394 e. The summed E-state index contributed by atoms with van der Waals surface area (Å²) in [5, 5.41) is 2.66. The third-order valence-electron chi connectivity index (χ3n) is 4.31. The molecular formula is C17H23F3N2O2. The average Bonchev–Trinajstić information content (AvgIpc) is 2.75. The van der Waals surface area contributed by atoms with Gasteiger partial charge in [-0.2, -0.15) is 13.2 Å². The number of halogens is 3. The Morgan fingerprint density at radius 1 is 1.29 bits per heavy atom.